The summed E-state index contributed by atoms with van der Waals surface area (Å²) < 4.78 is 31.7. The molecule has 0 spiro atoms. The molecule has 1 unspecified atom stereocenters. The number of aliphatic hydroxyl groups is 1. The molecule has 0 amide bonds. The molecule has 2 aromatic carbocycles. The minimum absolute atomic E-state index is 0.0258. The molecule has 5 nitrogen and oxygen atoms in total. The number of ether oxygens (including phenoxy) is 1. The van der Waals surface area contributed by atoms with Crippen molar-refractivity contribution in [3.63, 3.8) is 0 Å². The Morgan fingerprint density at radius 1 is 1.12 bits per heavy atom. The summed E-state index contributed by atoms with van der Waals surface area (Å²) in [5, 5.41) is 10.3. The second-order valence-corrected chi connectivity index (χ2v) is 7.86. The Kier molecular flexibility index (Phi) is 5.64. The maximum atomic E-state index is 12.7. The molecule has 0 saturated carbocycles. The molecule has 0 bridgehead atoms. The maximum Gasteiger partial charge on any atom is 0.243 e. The van der Waals surface area contributed by atoms with Crippen LogP contribution in [0.25, 0.3) is 0 Å². The zero-order chi connectivity index (χ0) is 17.9. The van der Waals surface area contributed by atoms with Gasteiger partial charge in [-0.25, -0.2) is 8.42 Å². The quantitative estimate of drug-likeness (QED) is 0.871. The smallest absolute Gasteiger partial charge is 0.243 e. The van der Waals surface area contributed by atoms with Crippen molar-refractivity contribution in [2.24, 2.45) is 0 Å². The fourth-order valence-electron chi connectivity index (χ4n) is 2.53. The molecule has 1 N–H and O–H groups in total. The van der Waals surface area contributed by atoms with E-state index in [0.717, 1.165) is 5.56 Å². The number of benzene rings is 2. The number of aryl methyl sites for hydroxylation is 2. The van der Waals surface area contributed by atoms with Crippen molar-refractivity contribution >= 4 is 10.0 Å². The Morgan fingerprint density at radius 3 is 2.29 bits per heavy atom. The third-order valence-corrected chi connectivity index (χ3v) is 5.93. The SMILES string of the molecule is COc1ccc(C(O)CN(C)S(=O)(=O)c2ccc(C)cc2C)cc1. The molecule has 1 atom stereocenters. The van der Waals surface area contributed by atoms with Gasteiger partial charge in [0.15, 0.2) is 0 Å². The van der Waals surface area contributed by atoms with Gasteiger partial charge in [-0.15, -0.1) is 0 Å². The van der Waals surface area contributed by atoms with Crippen molar-refractivity contribution in [2.45, 2.75) is 24.8 Å². The fraction of sp³-hybridized carbons (Fsp3) is 0.333. The van der Waals surface area contributed by atoms with Crippen molar-refractivity contribution < 1.29 is 18.3 Å². The molecule has 0 saturated heterocycles. The van der Waals surface area contributed by atoms with Gasteiger partial charge < -0.3 is 9.84 Å². The van der Waals surface area contributed by atoms with Crippen LogP contribution in [0, 0.1) is 13.8 Å². The topological polar surface area (TPSA) is 66.8 Å². The monoisotopic (exact) mass is 349 g/mol. The highest BCUT2D eigenvalue weighted by atomic mass is 32.2. The van der Waals surface area contributed by atoms with Gasteiger partial charge in [-0.05, 0) is 43.2 Å². The van der Waals surface area contributed by atoms with Crippen LogP contribution < -0.4 is 4.74 Å². The first kappa shape index (κ1) is 18.4. The zero-order valence-electron chi connectivity index (χ0n) is 14.4. The minimum Gasteiger partial charge on any atom is -0.497 e. The molecule has 2 rings (SSSR count). The van der Waals surface area contributed by atoms with E-state index in [4.69, 9.17) is 4.74 Å². The lowest BCUT2D eigenvalue weighted by molar-refractivity contribution is 0.155. The Labute approximate surface area is 143 Å². The van der Waals surface area contributed by atoms with E-state index in [1.54, 1.807) is 50.4 Å². The van der Waals surface area contributed by atoms with Crippen LogP contribution in [0.15, 0.2) is 47.4 Å². The number of hydrogen-bond acceptors (Lipinski definition) is 4. The predicted molar refractivity (Wildman–Crippen MR) is 93.7 cm³/mol. The van der Waals surface area contributed by atoms with Gasteiger partial charge in [0.25, 0.3) is 0 Å². The Bertz CT molecular complexity index is 800. The summed E-state index contributed by atoms with van der Waals surface area (Å²) in [5.74, 6) is 0.683. The van der Waals surface area contributed by atoms with E-state index in [9.17, 15) is 13.5 Å². The lowest BCUT2D eigenvalue weighted by Crippen LogP contribution is -2.31. The average Bonchev–Trinajstić information content (AvgIpc) is 2.54. The molecule has 0 radical (unpaired) electrons. The molecular weight excluding hydrogens is 326 g/mol. The summed E-state index contributed by atoms with van der Waals surface area (Å²) in [7, 11) is -0.615. The lowest BCUT2D eigenvalue weighted by atomic mass is 10.1. The summed E-state index contributed by atoms with van der Waals surface area (Å²) in [5.41, 5.74) is 2.34. The summed E-state index contributed by atoms with van der Waals surface area (Å²) in [6.07, 6.45) is -0.915. The van der Waals surface area contributed by atoms with E-state index < -0.39 is 16.1 Å². The summed E-state index contributed by atoms with van der Waals surface area (Å²) in [6, 6.07) is 12.1. The third kappa shape index (κ3) is 3.95. The number of aliphatic hydroxyl groups excluding tert-OH is 1. The number of likely N-dealkylation sites (N-methyl/N-ethyl adjacent to an activating group) is 1. The van der Waals surface area contributed by atoms with E-state index in [1.807, 2.05) is 13.0 Å². The normalized spacial score (nSPS) is 13.1. The van der Waals surface area contributed by atoms with Gasteiger partial charge in [-0.3, -0.25) is 0 Å². The number of hydrogen-bond donors (Lipinski definition) is 1. The minimum atomic E-state index is -3.65. The molecule has 0 aliphatic rings. The van der Waals surface area contributed by atoms with E-state index in [1.165, 1.54) is 11.4 Å². The Balaban J connectivity index is 2.18. The molecule has 0 heterocycles. The van der Waals surface area contributed by atoms with Crippen molar-refractivity contribution in [3.05, 3.63) is 59.2 Å². The number of sulfonamides is 1. The largest absolute Gasteiger partial charge is 0.497 e. The van der Waals surface area contributed by atoms with Crippen LogP contribution in [0.5, 0.6) is 5.75 Å². The second-order valence-electron chi connectivity index (χ2n) is 5.84. The molecule has 0 aliphatic carbocycles. The molecular formula is C18H23NO4S. The van der Waals surface area contributed by atoms with Crippen LogP contribution in [-0.4, -0.2) is 38.5 Å². The number of methoxy groups -OCH3 is 1. The summed E-state index contributed by atoms with van der Waals surface area (Å²) in [4.78, 5) is 0.262. The van der Waals surface area contributed by atoms with Crippen LogP contribution >= 0.6 is 0 Å². The molecule has 2 aromatic rings. The molecule has 130 valence electrons. The molecule has 0 aliphatic heterocycles. The van der Waals surface area contributed by atoms with Gasteiger partial charge in [-0.2, -0.15) is 4.31 Å². The average molecular weight is 349 g/mol. The first-order valence-corrected chi connectivity index (χ1v) is 9.05. The highest BCUT2D eigenvalue weighted by molar-refractivity contribution is 7.89. The van der Waals surface area contributed by atoms with Gasteiger partial charge >= 0.3 is 0 Å². The fourth-order valence-corrected chi connectivity index (χ4v) is 3.91. The first-order valence-electron chi connectivity index (χ1n) is 7.61. The molecule has 0 fully saturated rings. The zero-order valence-corrected chi connectivity index (χ0v) is 15.2. The Morgan fingerprint density at radius 2 is 1.75 bits per heavy atom. The van der Waals surface area contributed by atoms with Gasteiger partial charge in [0.2, 0.25) is 10.0 Å². The van der Waals surface area contributed by atoms with Gasteiger partial charge in [0.1, 0.15) is 5.75 Å². The third-order valence-electron chi connectivity index (χ3n) is 3.95. The van der Waals surface area contributed by atoms with Crippen molar-refractivity contribution in [1.82, 2.24) is 4.31 Å². The Hall–Kier alpha value is -1.89. The van der Waals surface area contributed by atoms with E-state index >= 15 is 0 Å². The highest BCUT2D eigenvalue weighted by Gasteiger charge is 2.25. The van der Waals surface area contributed by atoms with Gasteiger partial charge in [-0.1, -0.05) is 29.8 Å². The van der Waals surface area contributed by atoms with Crippen LogP contribution in [-0.2, 0) is 10.0 Å². The summed E-state index contributed by atoms with van der Waals surface area (Å²) in [6.45, 7) is 3.66. The van der Waals surface area contributed by atoms with Crippen molar-refractivity contribution in [1.29, 1.82) is 0 Å². The van der Waals surface area contributed by atoms with Crippen molar-refractivity contribution in [2.75, 3.05) is 20.7 Å². The van der Waals surface area contributed by atoms with Crippen LogP contribution in [0.3, 0.4) is 0 Å². The van der Waals surface area contributed by atoms with E-state index in [-0.39, 0.29) is 11.4 Å². The van der Waals surface area contributed by atoms with Crippen LogP contribution in [0.4, 0.5) is 0 Å². The van der Waals surface area contributed by atoms with Crippen molar-refractivity contribution in [3.8, 4) is 5.75 Å². The second kappa shape index (κ2) is 7.34. The lowest BCUT2D eigenvalue weighted by Gasteiger charge is -2.22. The van der Waals surface area contributed by atoms with E-state index in [2.05, 4.69) is 0 Å². The maximum absolute atomic E-state index is 12.7. The van der Waals surface area contributed by atoms with Crippen LogP contribution in [0.1, 0.15) is 22.8 Å². The highest BCUT2D eigenvalue weighted by Crippen LogP contribution is 2.23. The standard InChI is InChI=1S/C18H23NO4S/c1-13-5-10-18(14(2)11-13)24(21,22)19(3)12-17(20)15-6-8-16(23-4)9-7-15/h5-11,17,20H,12H2,1-4H3. The number of rotatable bonds is 6. The number of nitrogens with zero attached hydrogens (tertiary/aromatic N) is 1. The van der Waals surface area contributed by atoms with Gasteiger partial charge in [0.05, 0.1) is 18.1 Å². The summed E-state index contributed by atoms with van der Waals surface area (Å²) >= 11 is 0. The predicted octanol–water partition coefficient (Wildman–Crippen LogP) is 2.67. The van der Waals surface area contributed by atoms with Crippen LogP contribution in [0.2, 0.25) is 0 Å². The van der Waals surface area contributed by atoms with Gasteiger partial charge in [0, 0.05) is 13.6 Å². The molecule has 0 aromatic heterocycles. The molecule has 6 heteroatoms. The first-order chi connectivity index (χ1) is 11.3. The van der Waals surface area contributed by atoms with E-state index in [0.29, 0.717) is 16.9 Å². The molecule has 24 heavy (non-hydrogen) atoms.